The second-order valence-electron chi connectivity index (χ2n) is 2.19. The van der Waals surface area contributed by atoms with Crippen LogP contribution in [0.4, 0.5) is 13.2 Å². The lowest BCUT2D eigenvalue weighted by molar-refractivity contribution is -0.158. The van der Waals surface area contributed by atoms with Gasteiger partial charge in [-0.15, -0.1) is 0 Å². The molecule has 0 saturated heterocycles. The Labute approximate surface area is 67.6 Å². The maximum Gasteiger partial charge on any atom is 0.396 e. The van der Waals surface area contributed by atoms with Crippen LogP contribution in [0.2, 0.25) is 0 Å². The Hall–Kier alpha value is -0.450. The average molecular weight is 184 g/mol. The van der Waals surface area contributed by atoms with Crippen molar-refractivity contribution in [3.05, 3.63) is 0 Å². The van der Waals surface area contributed by atoms with Gasteiger partial charge in [0.1, 0.15) is 5.78 Å². The van der Waals surface area contributed by atoms with Crippen molar-refractivity contribution in [3.8, 4) is 0 Å². The van der Waals surface area contributed by atoms with Crippen LogP contribution in [0.25, 0.3) is 0 Å². The van der Waals surface area contributed by atoms with Gasteiger partial charge in [0.05, 0.1) is 5.92 Å². The molecule has 0 aliphatic heterocycles. The molecule has 11 heavy (non-hydrogen) atoms. The molecule has 64 valence electrons. The van der Waals surface area contributed by atoms with Crippen molar-refractivity contribution in [2.45, 2.75) is 19.5 Å². The van der Waals surface area contributed by atoms with Gasteiger partial charge in [-0.05, 0) is 12.3 Å². The van der Waals surface area contributed by atoms with E-state index < -0.39 is 24.3 Å². The topological polar surface area (TPSA) is 17.1 Å². The highest BCUT2D eigenvalue weighted by atomic mass is 32.1. The number of halogens is 3. The van der Waals surface area contributed by atoms with E-state index >= 15 is 0 Å². The van der Waals surface area contributed by atoms with Crippen LogP contribution in [-0.4, -0.2) is 17.3 Å². The highest BCUT2D eigenvalue weighted by molar-refractivity contribution is 7.79. The first kappa shape index (κ1) is 10.6. The molecule has 0 radical (unpaired) electrons. The summed E-state index contributed by atoms with van der Waals surface area (Å²) in [5, 5.41) is 0.585. The fourth-order valence-corrected chi connectivity index (χ4v) is 0.801. The fraction of sp³-hybridized carbons (Fsp3) is 0.667. The summed E-state index contributed by atoms with van der Waals surface area (Å²) in [5.41, 5.74) is 0. The van der Waals surface area contributed by atoms with E-state index in [0.29, 0.717) is 5.37 Å². The zero-order chi connectivity index (χ0) is 9.07. The van der Waals surface area contributed by atoms with Gasteiger partial charge < -0.3 is 4.79 Å². The minimum atomic E-state index is -4.38. The highest BCUT2D eigenvalue weighted by Gasteiger charge is 2.38. The van der Waals surface area contributed by atoms with Crippen LogP contribution in [0, 0.1) is 5.92 Å². The number of ketones is 1. The third-order valence-corrected chi connectivity index (χ3v) is 1.42. The molecule has 0 saturated carbocycles. The predicted octanol–water partition coefficient (Wildman–Crippen LogP) is 2.14. The molecular weight excluding hydrogens is 177 g/mol. The van der Waals surface area contributed by atoms with Crippen LogP contribution in [0.1, 0.15) is 13.3 Å². The molecule has 1 unspecified atom stereocenters. The Balaban J connectivity index is 4.18. The third-order valence-electron chi connectivity index (χ3n) is 1.09. The van der Waals surface area contributed by atoms with Gasteiger partial charge in [-0.3, -0.25) is 0 Å². The van der Waals surface area contributed by atoms with Gasteiger partial charge in [0.25, 0.3) is 0 Å². The molecule has 0 aliphatic carbocycles. The van der Waals surface area contributed by atoms with E-state index in [9.17, 15) is 18.0 Å². The average Bonchev–Trinajstić information content (AvgIpc) is 1.79. The Morgan fingerprint density at radius 2 is 2.09 bits per heavy atom. The maximum atomic E-state index is 11.8. The molecule has 0 spiro atoms. The summed E-state index contributed by atoms with van der Waals surface area (Å²) < 4.78 is 35.5. The van der Waals surface area contributed by atoms with Crippen molar-refractivity contribution < 1.29 is 18.0 Å². The van der Waals surface area contributed by atoms with E-state index in [-0.39, 0.29) is 0 Å². The van der Waals surface area contributed by atoms with Gasteiger partial charge in [-0.25, -0.2) is 0 Å². The molecule has 0 rings (SSSR count). The second-order valence-corrected chi connectivity index (χ2v) is 2.46. The Bertz CT molecular complexity index is 164. The largest absolute Gasteiger partial charge is 0.396 e. The predicted molar refractivity (Wildman–Crippen MR) is 38.5 cm³/mol. The van der Waals surface area contributed by atoms with Crippen molar-refractivity contribution >= 4 is 23.4 Å². The summed E-state index contributed by atoms with van der Waals surface area (Å²) in [5.74, 6) is -2.27. The monoisotopic (exact) mass is 184 g/mol. The van der Waals surface area contributed by atoms with Gasteiger partial charge in [0.2, 0.25) is 0 Å². The van der Waals surface area contributed by atoms with Crippen LogP contribution >= 0.6 is 12.2 Å². The van der Waals surface area contributed by atoms with Gasteiger partial charge in [0.15, 0.2) is 0 Å². The second kappa shape index (κ2) is 3.80. The molecule has 0 aromatic carbocycles. The van der Waals surface area contributed by atoms with E-state index in [0.717, 1.165) is 6.92 Å². The number of thiocarbonyl (C=S) groups is 1. The molecule has 0 aromatic heterocycles. The van der Waals surface area contributed by atoms with Crippen molar-refractivity contribution in [1.29, 1.82) is 0 Å². The Morgan fingerprint density at radius 3 is 2.18 bits per heavy atom. The van der Waals surface area contributed by atoms with Crippen LogP contribution in [0.3, 0.4) is 0 Å². The lowest BCUT2D eigenvalue weighted by atomic mass is 10.1. The molecule has 0 heterocycles. The van der Waals surface area contributed by atoms with Crippen molar-refractivity contribution in [1.82, 2.24) is 0 Å². The van der Waals surface area contributed by atoms with Gasteiger partial charge in [0, 0.05) is 6.42 Å². The van der Waals surface area contributed by atoms with Gasteiger partial charge >= 0.3 is 6.18 Å². The number of hydrogen-bond donors (Lipinski definition) is 0. The number of carbonyl (C=O) groups is 1. The maximum absolute atomic E-state index is 11.8. The van der Waals surface area contributed by atoms with E-state index in [4.69, 9.17) is 0 Å². The van der Waals surface area contributed by atoms with Gasteiger partial charge in [-0.1, -0.05) is 12.2 Å². The minimum Gasteiger partial charge on any atom is -0.300 e. The standard InChI is InChI=1S/C6H7F3OS/c1-4(10)2-5(3-11)6(7,8)9/h3,5H,2H2,1H3. The molecule has 1 atom stereocenters. The molecule has 1 nitrogen and oxygen atoms in total. The lowest BCUT2D eigenvalue weighted by Crippen LogP contribution is -2.25. The van der Waals surface area contributed by atoms with E-state index in [1.807, 2.05) is 0 Å². The fourth-order valence-electron chi connectivity index (χ4n) is 0.551. The zero-order valence-corrected chi connectivity index (χ0v) is 6.63. The number of alkyl halides is 3. The smallest absolute Gasteiger partial charge is 0.300 e. The van der Waals surface area contributed by atoms with E-state index in [2.05, 4.69) is 12.2 Å². The van der Waals surface area contributed by atoms with Crippen LogP contribution in [0.15, 0.2) is 0 Å². The summed E-state index contributed by atoms with van der Waals surface area (Å²) in [7, 11) is 0. The Morgan fingerprint density at radius 1 is 1.64 bits per heavy atom. The van der Waals surface area contributed by atoms with Gasteiger partial charge in [-0.2, -0.15) is 13.2 Å². The summed E-state index contributed by atoms with van der Waals surface area (Å²) >= 11 is 4.14. The normalized spacial score (nSPS) is 14.2. The van der Waals surface area contributed by atoms with E-state index in [1.54, 1.807) is 0 Å². The number of carbonyl (C=O) groups excluding carboxylic acids is 1. The van der Waals surface area contributed by atoms with Crippen LogP contribution in [0.5, 0.6) is 0 Å². The molecular formula is C6H7F3OS. The lowest BCUT2D eigenvalue weighted by Gasteiger charge is -2.13. The van der Waals surface area contributed by atoms with Crippen molar-refractivity contribution in [3.63, 3.8) is 0 Å². The van der Waals surface area contributed by atoms with Crippen LogP contribution < -0.4 is 0 Å². The first-order valence-corrected chi connectivity index (χ1v) is 3.36. The number of hydrogen-bond acceptors (Lipinski definition) is 2. The van der Waals surface area contributed by atoms with Crippen molar-refractivity contribution in [2.75, 3.05) is 0 Å². The first-order valence-electron chi connectivity index (χ1n) is 2.89. The molecule has 0 bridgehead atoms. The molecule has 0 aliphatic rings. The number of rotatable bonds is 3. The summed E-state index contributed by atoms with van der Waals surface area (Å²) in [4.78, 5) is 10.3. The zero-order valence-electron chi connectivity index (χ0n) is 5.81. The molecule has 5 heteroatoms. The quantitative estimate of drug-likeness (QED) is 0.625. The minimum absolute atomic E-state index is 0.506. The van der Waals surface area contributed by atoms with E-state index in [1.165, 1.54) is 0 Å². The Kier molecular flexibility index (Phi) is 3.65. The molecule has 0 fully saturated rings. The summed E-state index contributed by atoms with van der Waals surface area (Å²) in [6.07, 6.45) is -4.93. The summed E-state index contributed by atoms with van der Waals surface area (Å²) in [6, 6.07) is 0. The molecule has 0 amide bonds. The molecule has 0 aromatic rings. The summed E-state index contributed by atoms with van der Waals surface area (Å²) in [6.45, 7) is 1.11. The third kappa shape index (κ3) is 4.08. The first-order chi connectivity index (χ1) is 4.88. The molecule has 0 N–H and O–H groups in total. The highest BCUT2D eigenvalue weighted by Crippen LogP contribution is 2.27. The van der Waals surface area contributed by atoms with Crippen molar-refractivity contribution in [2.24, 2.45) is 5.92 Å². The van der Waals surface area contributed by atoms with Crippen LogP contribution in [-0.2, 0) is 4.79 Å². The number of Topliss-reactive ketones (excluding diaryl/α,β-unsaturated/α-hetero) is 1. The SMILES string of the molecule is CC(=O)CC(C=S)C(F)(F)F.